The summed E-state index contributed by atoms with van der Waals surface area (Å²) in [5.74, 6) is 0.0115. The standard InChI is InChI=1S/C12H14O/c1-2-3-7-12(10-13)11-8-5-4-6-9-11/h2-6,8-10,12H,7H2,1H3. The molecule has 0 amide bonds. The molecular formula is C12H14O. The van der Waals surface area contributed by atoms with Crippen LogP contribution in [0.1, 0.15) is 24.8 Å². The van der Waals surface area contributed by atoms with Gasteiger partial charge in [0.15, 0.2) is 0 Å². The van der Waals surface area contributed by atoms with Gasteiger partial charge in [-0.1, -0.05) is 42.5 Å². The van der Waals surface area contributed by atoms with Crippen molar-refractivity contribution in [2.45, 2.75) is 19.3 Å². The number of hydrogen-bond acceptors (Lipinski definition) is 1. The lowest BCUT2D eigenvalue weighted by atomic mass is 9.97. The van der Waals surface area contributed by atoms with Crippen molar-refractivity contribution in [3.05, 3.63) is 48.0 Å². The second-order valence-corrected chi connectivity index (χ2v) is 2.96. The fraction of sp³-hybridized carbons (Fsp3) is 0.250. The highest BCUT2D eigenvalue weighted by Gasteiger charge is 2.06. The maximum absolute atomic E-state index is 10.8. The summed E-state index contributed by atoms with van der Waals surface area (Å²) in [4.78, 5) is 10.8. The first-order valence-electron chi connectivity index (χ1n) is 4.50. The average molecular weight is 174 g/mol. The van der Waals surface area contributed by atoms with E-state index in [4.69, 9.17) is 0 Å². The highest BCUT2D eigenvalue weighted by molar-refractivity contribution is 5.62. The van der Waals surface area contributed by atoms with Crippen LogP contribution in [0.25, 0.3) is 0 Å². The van der Waals surface area contributed by atoms with Crippen molar-refractivity contribution >= 4 is 6.29 Å². The number of benzene rings is 1. The van der Waals surface area contributed by atoms with Crippen LogP contribution >= 0.6 is 0 Å². The van der Waals surface area contributed by atoms with Crippen molar-refractivity contribution in [3.8, 4) is 0 Å². The van der Waals surface area contributed by atoms with Crippen LogP contribution in [0.15, 0.2) is 42.5 Å². The Labute approximate surface area is 79.1 Å². The Morgan fingerprint density at radius 1 is 1.31 bits per heavy atom. The van der Waals surface area contributed by atoms with E-state index in [9.17, 15) is 4.79 Å². The first kappa shape index (κ1) is 9.72. The van der Waals surface area contributed by atoms with E-state index in [1.165, 1.54) is 0 Å². The van der Waals surface area contributed by atoms with Crippen LogP contribution < -0.4 is 0 Å². The normalized spacial score (nSPS) is 13.0. The monoisotopic (exact) mass is 174 g/mol. The molecule has 0 aliphatic carbocycles. The third kappa shape index (κ3) is 2.86. The van der Waals surface area contributed by atoms with Crippen molar-refractivity contribution in [2.75, 3.05) is 0 Å². The summed E-state index contributed by atoms with van der Waals surface area (Å²) in [6.07, 6.45) is 5.80. The molecule has 0 saturated heterocycles. The first-order valence-corrected chi connectivity index (χ1v) is 4.50. The van der Waals surface area contributed by atoms with E-state index < -0.39 is 0 Å². The van der Waals surface area contributed by atoms with Crippen LogP contribution in [-0.4, -0.2) is 6.29 Å². The van der Waals surface area contributed by atoms with Crippen LogP contribution in [0.3, 0.4) is 0 Å². The molecule has 0 aliphatic heterocycles. The quantitative estimate of drug-likeness (QED) is 0.506. The second-order valence-electron chi connectivity index (χ2n) is 2.96. The summed E-state index contributed by atoms with van der Waals surface area (Å²) >= 11 is 0. The summed E-state index contributed by atoms with van der Waals surface area (Å²) in [7, 11) is 0. The number of hydrogen-bond donors (Lipinski definition) is 0. The SMILES string of the molecule is CC=CCC(C=O)c1ccccc1. The lowest BCUT2D eigenvalue weighted by Crippen LogP contribution is -1.97. The smallest absolute Gasteiger partial charge is 0.127 e. The highest BCUT2D eigenvalue weighted by atomic mass is 16.1. The molecule has 1 aromatic carbocycles. The van der Waals surface area contributed by atoms with Crippen LogP contribution in [0.5, 0.6) is 0 Å². The Bertz CT molecular complexity index is 274. The molecule has 0 spiro atoms. The Morgan fingerprint density at radius 2 is 2.00 bits per heavy atom. The third-order valence-electron chi connectivity index (χ3n) is 2.02. The van der Waals surface area contributed by atoms with E-state index in [-0.39, 0.29) is 5.92 Å². The van der Waals surface area contributed by atoms with Gasteiger partial charge in [-0.25, -0.2) is 0 Å². The molecule has 1 rings (SSSR count). The lowest BCUT2D eigenvalue weighted by molar-refractivity contribution is -0.109. The molecule has 0 aliphatic rings. The van der Waals surface area contributed by atoms with Gasteiger partial charge in [0.25, 0.3) is 0 Å². The minimum Gasteiger partial charge on any atom is -0.303 e. The van der Waals surface area contributed by atoms with Crippen molar-refractivity contribution in [3.63, 3.8) is 0 Å². The number of carbonyl (C=O) groups is 1. The van der Waals surface area contributed by atoms with Gasteiger partial charge in [-0.2, -0.15) is 0 Å². The van der Waals surface area contributed by atoms with Gasteiger partial charge in [0.05, 0.1) is 0 Å². The van der Waals surface area contributed by atoms with Gasteiger partial charge in [0.2, 0.25) is 0 Å². The van der Waals surface area contributed by atoms with Gasteiger partial charge in [-0.05, 0) is 18.9 Å². The molecule has 1 nitrogen and oxygen atoms in total. The van der Waals surface area contributed by atoms with Gasteiger partial charge >= 0.3 is 0 Å². The third-order valence-corrected chi connectivity index (χ3v) is 2.02. The summed E-state index contributed by atoms with van der Waals surface area (Å²) in [6.45, 7) is 1.97. The highest BCUT2D eigenvalue weighted by Crippen LogP contribution is 2.16. The van der Waals surface area contributed by atoms with Gasteiger partial charge in [0.1, 0.15) is 6.29 Å². The number of aldehydes is 1. The lowest BCUT2D eigenvalue weighted by Gasteiger charge is -2.06. The number of allylic oxidation sites excluding steroid dienone is 2. The molecule has 1 heteroatoms. The molecule has 0 radical (unpaired) electrons. The Balaban J connectivity index is 2.72. The van der Waals surface area contributed by atoms with E-state index in [2.05, 4.69) is 0 Å². The minimum absolute atomic E-state index is 0.0115. The number of rotatable bonds is 4. The molecule has 0 bridgehead atoms. The van der Waals surface area contributed by atoms with Crippen LogP contribution in [0.2, 0.25) is 0 Å². The Kier molecular flexibility index (Phi) is 3.97. The zero-order valence-corrected chi connectivity index (χ0v) is 7.81. The molecule has 13 heavy (non-hydrogen) atoms. The summed E-state index contributed by atoms with van der Waals surface area (Å²) < 4.78 is 0. The second kappa shape index (κ2) is 5.31. The summed E-state index contributed by atoms with van der Waals surface area (Å²) in [6, 6.07) is 9.86. The molecule has 0 N–H and O–H groups in total. The molecular weight excluding hydrogens is 160 g/mol. The maximum atomic E-state index is 10.8. The van der Waals surface area contributed by atoms with Crippen molar-refractivity contribution < 1.29 is 4.79 Å². The summed E-state index contributed by atoms with van der Waals surface area (Å²) in [5.41, 5.74) is 1.09. The average Bonchev–Trinajstić information content (AvgIpc) is 2.21. The van der Waals surface area contributed by atoms with Gasteiger partial charge in [-0.3, -0.25) is 0 Å². The van der Waals surface area contributed by atoms with Crippen molar-refractivity contribution in [1.29, 1.82) is 0 Å². The fourth-order valence-corrected chi connectivity index (χ4v) is 1.25. The van der Waals surface area contributed by atoms with Crippen LogP contribution in [0.4, 0.5) is 0 Å². The molecule has 0 saturated carbocycles. The molecule has 1 atom stereocenters. The fourth-order valence-electron chi connectivity index (χ4n) is 1.25. The topological polar surface area (TPSA) is 17.1 Å². The predicted molar refractivity (Wildman–Crippen MR) is 54.7 cm³/mol. The van der Waals surface area contributed by atoms with Gasteiger partial charge < -0.3 is 4.79 Å². The molecule has 68 valence electrons. The van der Waals surface area contributed by atoms with Gasteiger partial charge in [-0.15, -0.1) is 0 Å². The van der Waals surface area contributed by atoms with Gasteiger partial charge in [0, 0.05) is 5.92 Å². The van der Waals surface area contributed by atoms with E-state index in [1.807, 2.05) is 49.4 Å². The van der Waals surface area contributed by atoms with Crippen LogP contribution in [0, 0.1) is 0 Å². The first-order chi connectivity index (χ1) is 6.38. The maximum Gasteiger partial charge on any atom is 0.127 e. The molecule has 0 fully saturated rings. The Morgan fingerprint density at radius 3 is 2.54 bits per heavy atom. The molecule has 0 heterocycles. The summed E-state index contributed by atoms with van der Waals surface area (Å²) in [5, 5.41) is 0. The molecule has 1 unspecified atom stereocenters. The van der Waals surface area contributed by atoms with Crippen molar-refractivity contribution in [2.24, 2.45) is 0 Å². The molecule has 1 aromatic rings. The zero-order valence-electron chi connectivity index (χ0n) is 7.81. The van der Waals surface area contributed by atoms with E-state index in [0.717, 1.165) is 18.3 Å². The van der Waals surface area contributed by atoms with Crippen LogP contribution in [-0.2, 0) is 4.79 Å². The largest absolute Gasteiger partial charge is 0.303 e. The number of carbonyl (C=O) groups excluding carboxylic acids is 1. The van der Waals surface area contributed by atoms with Crippen molar-refractivity contribution in [1.82, 2.24) is 0 Å². The predicted octanol–water partition coefficient (Wildman–Crippen LogP) is 2.94. The van der Waals surface area contributed by atoms with E-state index in [0.29, 0.717) is 0 Å². The minimum atomic E-state index is 0.0115. The van der Waals surface area contributed by atoms with E-state index >= 15 is 0 Å². The zero-order chi connectivity index (χ0) is 9.52. The molecule has 0 aromatic heterocycles. The Hall–Kier alpha value is -1.37. The van der Waals surface area contributed by atoms with E-state index in [1.54, 1.807) is 0 Å².